The number of nitrogens with one attached hydrogen (secondary N) is 1. The minimum atomic E-state index is 0. The van der Waals surface area contributed by atoms with Crippen LogP contribution in [0.25, 0.3) is 10.8 Å². The van der Waals surface area contributed by atoms with Crippen LogP contribution in [0.1, 0.15) is 42.7 Å². The van der Waals surface area contributed by atoms with Crippen molar-refractivity contribution in [3.05, 3.63) is 41.5 Å². The van der Waals surface area contributed by atoms with Crippen molar-refractivity contribution in [2.45, 2.75) is 31.6 Å². The first kappa shape index (κ1) is 14.2. The summed E-state index contributed by atoms with van der Waals surface area (Å²) in [6.45, 7) is 3.04. The van der Waals surface area contributed by atoms with E-state index in [0.29, 0.717) is 5.92 Å². The fourth-order valence-electron chi connectivity index (χ4n) is 3.59. The van der Waals surface area contributed by atoms with E-state index in [2.05, 4.69) is 37.3 Å². The Morgan fingerprint density at radius 2 is 1.95 bits per heavy atom. The summed E-state index contributed by atoms with van der Waals surface area (Å²) >= 11 is 0. The number of rotatable bonds is 1. The molecule has 2 aliphatic rings. The molecule has 4 heteroatoms. The smallest absolute Gasteiger partial charge is 0.192 e. The molecule has 3 N–H and O–H groups in total. The summed E-state index contributed by atoms with van der Waals surface area (Å²) < 4.78 is 0. The summed E-state index contributed by atoms with van der Waals surface area (Å²) in [5, 5.41) is 10.5. The Kier molecular flexibility index (Phi) is 3.33. The van der Waals surface area contributed by atoms with Gasteiger partial charge in [-0.05, 0) is 46.7 Å². The Balaban J connectivity index is 0.00000132. The van der Waals surface area contributed by atoms with Gasteiger partial charge in [-0.3, -0.25) is 5.41 Å². The van der Waals surface area contributed by atoms with Crippen LogP contribution < -0.4 is 10.6 Å². The summed E-state index contributed by atoms with van der Waals surface area (Å²) in [6, 6.07) is 11.0. The lowest BCUT2D eigenvalue weighted by Crippen LogP contribution is -2.35. The molecule has 3 nitrogen and oxygen atoms in total. The van der Waals surface area contributed by atoms with Crippen molar-refractivity contribution in [1.29, 1.82) is 5.41 Å². The maximum atomic E-state index is 7.74. The summed E-state index contributed by atoms with van der Waals surface area (Å²) in [4.78, 5) is 1.92. The highest BCUT2D eigenvalue weighted by Crippen LogP contribution is 2.46. The van der Waals surface area contributed by atoms with Gasteiger partial charge in [0.25, 0.3) is 0 Å². The van der Waals surface area contributed by atoms with Gasteiger partial charge >= 0.3 is 0 Å². The summed E-state index contributed by atoms with van der Waals surface area (Å²) in [7, 11) is 0. The van der Waals surface area contributed by atoms with E-state index in [1.54, 1.807) is 0 Å². The molecule has 0 bridgehead atoms. The van der Waals surface area contributed by atoms with Gasteiger partial charge in [-0.15, -0.1) is 12.4 Å². The van der Waals surface area contributed by atoms with E-state index < -0.39 is 0 Å². The molecule has 0 aromatic heterocycles. The highest BCUT2D eigenvalue weighted by molar-refractivity contribution is 6.01. The SMILES string of the molecule is CC1CN(C(=N)N)c2ccc3c(C4CC4)cccc3c21.Cl. The zero-order valence-electron chi connectivity index (χ0n) is 12.1. The zero-order chi connectivity index (χ0) is 13.9. The minimum absolute atomic E-state index is 0. The van der Waals surface area contributed by atoms with Crippen LogP contribution in [0.4, 0.5) is 5.69 Å². The standard InChI is InChI=1S/C17H19N3.ClH/c1-10-9-20(17(18)19)15-8-7-13-12(11-5-6-11)3-2-4-14(13)16(10)15;/h2-4,7-8,10-11H,5-6,9H2,1H3,(H3,18,19);1H. The predicted octanol–water partition coefficient (Wildman–Crippen LogP) is 3.96. The molecule has 2 aromatic carbocycles. The average Bonchev–Trinajstić information content (AvgIpc) is 3.22. The van der Waals surface area contributed by atoms with Crippen LogP contribution in [-0.4, -0.2) is 12.5 Å². The van der Waals surface area contributed by atoms with Crippen LogP contribution in [0.5, 0.6) is 0 Å². The number of halogens is 1. The topological polar surface area (TPSA) is 53.1 Å². The van der Waals surface area contributed by atoms with Gasteiger partial charge in [-0.1, -0.05) is 31.2 Å². The van der Waals surface area contributed by atoms with E-state index in [9.17, 15) is 0 Å². The number of nitrogens with zero attached hydrogens (tertiary/aromatic N) is 1. The third-order valence-corrected chi connectivity index (χ3v) is 4.66. The summed E-state index contributed by atoms with van der Waals surface area (Å²) in [6.07, 6.45) is 2.65. The number of anilines is 1. The average molecular weight is 302 g/mol. The molecule has 21 heavy (non-hydrogen) atoms. The van der Waals surface area contributed by atoms with Crippen molar-refractivity contribution in [1.82, 2.24) is 0 Å². The predicted molar refractivity (Wildman–Crippen MR) is 90.8 cm³/mol. The zero-order valence-corrected chi connectivity index (χ0v) is 12.9. The molecule has 1 saturated carbocycles. The molecule has 0 amide bonds. The first-order chi connectivity index (χ1) is 9.66. The third kappa shape index (κ3) is 2.07. The molecule has 0 saturated heterocycles. The molecule has 1 unspecified atom stereocenters. The molecule has 1 fully saturated rings. The fourth-order valence-corrected chi connectivity index (χ4v) is 3.59. The van der Waals surface area contributed by atoms with Gasteiger partial charge in [-0.2, -0.15) is 0 Å². The molecule has 0 spiro atoms. The lowest BCUT2D eigenvalue weighted by molar-refractivity contribution is 0.822. The molecule has 2 aromatic rings. The largest absolute Gasteiger partial charge is 0.370 e. The van der Waals surface area contributed by atoms with E-state index in [-0.39, 0.29) is 18.4 Å². The molecular formula is C17H20ClN3. The number of hydrogen-bond donors (Lipinski definition) is 2. The van der Waals surface area contributed by atoms with Crippen molar-refractivity contribution >= 4 is 34.8 Å². The molecule has 1 atom stereocenters. The van der Waals surface area contributed by atoms with Crippen molar-refractivity contribution in [2.75, 3.05) is 11.4 Å². The Hall–Kier alpha value is -1.74. The molecule has 110 valence electrons. The number of hydrogen-bond acceptors (Lipinski definition) is 1. The van der Waals surface area contributed by atoms with Gasteiger partial charge in [0.15, 0.2) is 5.96 Å². The van der Waals surface area contributed by atoms with Crippen LogP contribution in [0.2, 0.25) is 0 Å². The van der Waals surface area contributed by atoms with Gasteiger partial charge < -0.3 is 10.6 Å². The summed E-state index contributed by atoms with van der Waals surface area (Å²) in [5.74, 6) is 1.33. The Morgan fingerprint density at radius 1 is 1.19 bits per heavy atom. The Morgan fingerprint density at radius 3 is 2.62 bits per heavy atom. The van der Waals surface area contributed by atoms with E-state index in [0.717, 1.165) is 18.2 Å². The molecule has 0 radical (unpaired) electrons. The Labute approximate surface area is 131 Å². The summed E-state index contributed by atoms with van der Waals surface area (Å²) in [5.41, 5.74) is 9.69. The van der Waals surface area contributed by atoms with Crippen LogP contribution in [0.15, 0.2) is 30.3 Å². The van der Waals surface area contributed by atoms with Crippen molar-refractivity contribution in [3.63, 3.8) is 0 Å². The molecule has 4 rings (SSSR count). The molecule has 1 heterocycles. The Bertz CT molecular complexity index is 721. The van der Waals surface area contributed by atoms with Gasteiger partial charge in [0, 0.05) is 18.2 Å². The van der Waals surface area contributed by atoms with E-state index in [1.807, 2.05) is 4.90 Å². The van der Waals surface area contributed by atoms with Crippen LogP contribution in [0, 0.1) is 5.41 Å². The second-order valence-corrected chi connectivity index (χ2v) is 6.11. The fraction of sp³-hybridized carbons (Fsp3) is 0.353. The number of guanidine groups is 1. The van der Waals surface area contributed by atoms with Crippen molar-refractivity contribution in [3.8, 4) is 0 Å². The monoisotopic (exact) mass is 301 g/mol. The first-order valence-electron chi connectivity index (χ1n) is 7.34. The van der Waals surface area contributed by atoms with Crippen molar-refractivity contribution in [2.24, 2.45) is 5.73 Å². The maximum absolute atomic E-state index is 7.74. The second-order valence-electron chi connectivity index (χ2n) is 6.11. The van der Waals surface area contributed by atoms with Crippen molar-refractivity contribution < 1.29 is 0 Å². The minimum Gasteiger partial charge on any atom is -0.370 e. The maximum Gasteiger partial charge on any atom is 0.192 e. The van der Waals surface area contributed by atoms with Gasteiger partial charge in [0.05, 0.1) is 0 Å². The van der Waals surface area contributed by atoms with E-state index in [4.69, 9.17) is 11.1 Å². The van der Waals surface area contributed by atoms with Crippen LogP contribution in [0.3, 0.4) is 0 Å². The lowest BCUT2D eigenvalue weighted by Gasteiger charge is -2.17. The van der Waals surface area contributed by atoms with E-state index in [1.165, 1.54) is 34.7 Å². The lowest BCUT2D eigenvalue weighted by atomic mass is 9.92. The van der Waals surface area contributed by atoms with Gasteiger partial charge in [0.1, 0.15) is 0 Å². The quantitative estimate of drug-likeness (QED) is 0.619. The highest BCUT2D eigenvalue weighted by atomic mass is 35.5. The molecule has 1 aliphatic heterocycles. The normalized spacial score (nSPS) is 20.2. The van der Waals surface area contributed by atoms with E-state index >= 15 is 0 Å². The van der Waals surface area contributed by atoms with Crippen LogP contribution in [-0.2, 0) is 0 Å². The number of nitrogens with two attached hydrogens (primary N) is 1. The van der Waals surface area contributed by atoms with Gasteiger partial charge in [-0.25, -0.2) is 0 Å². The third-order valence-electron chi connectivity index (χ3n) is 4.66. The second kappa shape index (κ2) is 4.92. The van der Waals surface area contributed by atoms with Crippen LogP contribution >= 0.6 is 12.4 Å². The number of fused-ring (bicyclic) bond motifs is 3. The highest BCUT2D eigenvalue weighted by Gasteiger charge is 2.31. The first-order valence-corrected chi connectivity index (χ1v) is 7.34. The number of benzene rings is 2. The molecule has 1 aliphatic carbocycles. The molecular weight excluding hydrogens is 282 g/mol. The van der Waals surface area contributed by atoms with Gasteiger partial charge in [0.2, 0.25) is 0 Å².